The second-order valence-electron chi connectivity index (χ2n) is 7.15. The number of aromatic nitrogens is 2. The molecule has 33 heavy (non-hydrogen) atoms. The van der Waals surface area contributed by atoms with E-state index in [2.05, 4.69) is 5.32 Å². The number of hydrogen-bond acceptors (Lipinski definition) is 7. The van der Waals surface area contributed by atoms with Gasteiger partial charge in [0, 0.05) is 38.1 Å². The van der Waals surface area contributed by atoms with E-state index in [1.54, 1.807) is 43.5 Å². The zero-order valence-electron chi connectivity index (χ0n) is 19.0. The molecule has 0 aliphatic heterocycles. The number of nitrogens with zero attached hydrogens (tertiary/aromatic N) is 2. The van der Waals surface area contributed by atoms with Crippen molar-refractivity contribution in [1.82, 2.24) is 9.13 Å². The summed E-state index contributed by atoms with van der Waals surface area (Å²) in [7, 11) is 5.98. The van der Waals surface area contributed by atoms with E-state index in [9.17, 15) is 14.4 Å². The lowest BCUT2D eigenvalue weighted by atomic mass is 10.2. The molecule has 10 heteroatoms. The smallest absolute Gasteiger partial charge is 0.331 e. The van der Waals surface area contributed by atoms with Gasteiger partial charge in [-0.3, -0.25) is 18.7 Å². The van der Waals surface area contributed by atoms with Crippen LogP contribution in [0.4, 0.5) is 5.69 Å². The third kappa shape index (κ3) is 5.01. The lowest BCUT2D eigenvalue weighted by Crippen LogP contribution is -2.42. The second kappa shape index (κ2) is 10.7. The standard InChI is InChI=1S/C23H27N3O7/c1-30-11-7-10-25-22(28)16-8-5-6-9-17(16)26(23(25)29)14-20(27)24-15-12-18(31-2)21(33-4)19(13-15)32-3/h5-6,8-9,12-13H,7,10-11,14H2,1-4H3,(H,24,27). The predicted molar refractivity (Wildman–Crippen MR) is 124 cm³/mol. The van der Waals surface area contributed by atoms with E-state index in [-0.39, 0.29) is 13.1 Å². The quantitative estimate of drug-likeness (QED) is 0.463. The normalized spacial score (nSPS) is 10.8. The summed E-state index contributed by atoms with van der Waals surface area (Å²) in [5.41, 5.74) is -0.168. The van der Waals surface area contributed by atoms with Crippen LogP contribution in [0.5, 0.6) is 17.2 Å². The van der Waals surface area contributed by atoms with Gasteiger partial charge in [0.25, 0.3) is 5.56 Å². The molecule has 0 unspecified atom stereocenters. The topological polar surface area (TPSA) is 110 Å². The fraction of sp³-hybridized carbons (Fsp3) is 0.348. The van der Waals surface area contributed by atoms with E-state index in [0.29, 0.717) is 46.9 Å². The fourth-order valence-electron chi connectivity index (χ4n) is 3.59. The maximum atomic E-state index is 13.1. The molecular weight excluding hydrogens is 430 g/mol. The Labute approximate surface area is 190 Å². The molecule has 1 N–H and O–H groups in total. The lowest BCUT2D eigenvalue weighted by molar-refractivity contribution is -0.116. The van der Waals surface area contributed by atoms with Crippen LogP contribution < -0.4 is 30.8 Å². The summed E-state index contributed by atoms with van der Waals surface area (Å²) < 4.78 is 23.4. The van der Waals surface area contributed by atoms with Crippen LogP contribution in [0.25, 0.3) is 10.9 Å². The molecule has 2 aromatic carbocycles. The van der Waals surface area contributed by atoms with Gasteiger partial charge in [0.1, 0.15) is 6.54 Å². The Morgan fingerprint density at radius 1 is 0.939 bits per heavy atom. The summed E-state index contributed by atoms with van der Waals surface area (Å²) in [6.07, 6.45) is 0.488. The van der Waals surface area contributed by atoms with Gasteiger partial charge in [-0.15, -0.1) is 0 Å². The average Bonchev–Trinajstić information content (AvgIpc) is 2.83. The van der Waals surface area contributed by atoms with Gasteiger partial charge in [0.05, 0.1) is 32.2 Å². The Kier molecular flexibility index (Phi) is 7.73. The van der Waals surface area contributed by atoms with Crippen molar-refractivity contribution in [3.05, 3.63) is 57.2 Å². The molecule has 0 aliphatic rings. The summed E-state index contributed by atoms with van der Waals surface area (Å²) in [6, 6.07) is 9.89. The first-order valence-corrected chi connectivity index (χ1v) is 10.3. The minimum Gasteiger partial charge on any atom is -0.493 e. The van der Waals surface area contributed by atoms with Crippen molar-refractivity contribution in [2.24, 2.45) is 0 Å². The van der Waals surface area contributed by atoms with Gasteiger partial charge in [-0.25, -0.2) is 4.79 Å². The number of fused-ring (bicyclic) bond motifs is 1. The van der Waals surface area contributed by atoms with E-state index in [0.717, 1.165) is 4.57 Å². The zero-order chi connectivity index (χ0) is 24.0. The molecule has 3 aromatic rings. The minimum absolute atomic E-state index is 0.185. The van der Waals surface area contributed by atoms with E-state index in [1.807, 2.05) is 0 Å². The summed E-state index contributed by atoms with van der Waals surface area (Å²) >= 11 is 0. The first-order valence-electron chi connectivity index (χ1n) is 10.3. The van der Waals surface area contributed by atoms with E-state index < -0.39 is 17.2 Å². The highest BCUT2D eigenvalue weighted by atomic mass is 16.5. The highest BCUT2D eigenvalue weighted by Crippen LogP contribution is 2.39. The van der Waals surface area contributed by atoms with Crippen LogP contribution in [0.2, 0.25) is 0 Å². The average molecular weight is 457 g/mol. The molecule has 0 saturated carbocycles. The molecule has 0 saturated heterocycles. The van der Waals surface area contributed by atoms with Crippen molar-refractivity contribution >= 4 is 22.5 Å². The SMILES string of the molecule is COCCCn1c(=O)c2ccccc2n(CC(=O)Nc2cc(OC)c(OC)c(OC)c2)c1=O. The largest absolute Gasteiger partial charge is 0.493 e. The van der Waals surface area contributed by atoms with Crippen LogP contribution in [0.3, 0.4) is 0 Å². The number of anilines is 1. The van der Waals surface area contributed by atoms with Gasteiger partial charge in [-0.05, 0) is 18.6 Å². The molecule has 10 nitrogen and oxygen atoms in total. The molecule has 0 spiro atoms. The highest BCUT2D eigenvalue weighted by Gasteiger charge is 2.17. The van der Waals surface area contributed by atoms with Crippen LogP contribution >= 0.6 is 0 Å². The molecule has 0 aliphatic carbocycles. The van der Waals surface area contributed by atoms with Gasteiger partial charge in [-0.1, -0.05) is 12.1 Å². The Hall–Kier alpha value is -3.79. The first-order chi connectivity index (χ1) is 15.9. The summed E-state index contributed by atoms with van der Waals surface area (Å²) in [5, 5.41) is 3.10. The maximum absolute atomic E-state index is 13.1. The number of nitrogens with one attached hydrogen (secondary N) is 1. The molecule has 0 fully saturated rings. The van der Waals surface area contributed by atoms with Crippen molar-refractivity contribution in [3.8, 4) is 17.2 Å². The third-order valence-electron chi connectivity index (χ3n) is 5.11. The van der Waals surface area contributed by atoms with Crippen molar-refractivity contribution < 1.29 is 23.7 Å². The number of carbonyl (C=O) groups excluding carboxylic acids is 1. The molecule has 0 bridgehead atoms. The van der Waals surface area contributed by atoms with E-state index in [4.69, 9.17) is 18.9 Å². The number of hydrogen-bond donors (Lipinski definition) is 1. The number of amides is 1. The molecule has 0 atom stereocenters. The van der Waals surface area contributed by atoms with E-state index in [1.165, 1.54) is 25.9 Å². The number of methoxy groups -OCH3 is 4. The molecule has 3 rings (SSSR count). The Morgan fingerprint density at radius 2 is 1.61 bits per heavy atom. The fourth-order valence-corrected chi connectivity index (χ4v) is 3.59. The van der Waals surface area contributed by atoms with Gasteiger partial charge in [0.15, 0.2) is 11.5 Å². The first kappa shape index (κ1) is 23.9. The van der Waals surface area contributed by atoms with Gasteiger partial charge in [0.2, 0.25) is 11.7 Å². The summed E-state index contributed by atoms with van der Waals surface area (Å²) in [4.78, 5) is 38.9. The number of rotatable bonds is 10. The number of para-hydroxylation sites is 1. The zero-order valence-corrected chi connectivity index (χ0v) is 19.0. The molecule has 1 aromatic heterocycles. The molecule has 0 radical (unpaired) electrons. The Morgan fingerprint density at radius 3 is 2.21 bits per heavy atom. The Balaban J connectivity index is 1.97. The Bertz CT molecular complexity index is 1240. The van der Waals surface area contributed by atoms with Crippen LogP contribution in [-0.2, 0) is 22.6 Å². The predicted octanol–water partition coefficient (Wildman–Crippen LogP) is 1.86. The summed E-state index contributed by atoms with van der Waals surface area (Å²) in [5.74, 6) is 0.685. The van der Waals surface area contributed by atoms with Crippen LogP contribution in [0.15, 0.2) is 46.0 Å². The molecular formula is C23H27N3O7. The number of benzene rings is 2. The third-order valence-corrected chi connectivity index (χ3v) is 5.11. The maximum Gasteiger partial charge on any atom is 0.331 e. The minimum atomic E-state index is -0.560. The van der Waals surface area contributed by atoms with Crippen molar-refractivity contribution in [3.63, 3.8) is 0 Å². The molecule has 1 heterocycles. The van der Waals surface area contributed by atoms with Crippen molar-refractivity contribution in [1.29, 1.82) is 0 Å². The number of ether oxygens (including phenoxy) is 4. The van der Waals surface area contributed by atoms with Crippen molar-refractivity contribution in [2.45, 2.75) is 19.5 Å². The lowest BCUT2D eigenvalue weighted by Gasteiger charge is -2.16. The van der Waals surface area contributed by atoms with E-state index >= 15 is 0 Å². The highest BCUT2D eigenvalue weighted by molar-refractivity contribution is 5.92. The van der Waals surface area contributed by atoms with Crippen LogP contribution in [-0.4, -0.2) is 50.1 Å². The van der Waals surface area contributed by atoms with Gasteiger partial charge >= 0.3 is 5.69 Å². The second-order valence-corrected chi connectivity index (χ2v) is 7.15. The van der Waals surface area contributed by atoms with Crippen molar-refractivity contribution in [2.75, 3.05) is 40.4 Å². The van der Waals surface area contributed by atoms with Crippen LogP contribution in [0, 0.1) is 0 Å². The monoisotopic (exact) mass is 457 g/mol. The summed E-state index contributed by atoms with van der Waals surface area (Å²) in [6.45, 7) is 0.297. The molecule has 176 valence electrons. The molecule has 1 amide bonds. The van der Waals surface area contributed by atoms with Crippen LogP contribution in [0.1, 0.15) is 6.42 Å². The van der Waals surface area contributed by atoms with Gasteiger partial charge in [-0.2, -0.15) is 0 Å². The van der Waals surface area contributed by atoms with Gasteiger partial charge < -0.3 is 24.3 Å². The number of carbonyl (C=O) groups is 1.